The number of fused-ring (bicyclic) bond motifs is 1. The van der Waals surface area contributed by atoms with E-state index in [0.29, 0.717) is 16.7 Å². The van der Waals surface area contributed by atoms with Crippen molar-refractivity contribution in [2.75, 3.05) is 13.2 Å². The second-order valence-corrected chi connectivity index (χ2v) is 7.40. The fourth-order valence-corrected chi connectivity index (χ4v) is 2.90. The topological polar surface area (TPSA) is 97.6 Å². The molecule has 0 bridgehead atoms. The fourth-order valence-electron chi connectivity index (χ4n) is 2.78. The molecule has 0 saturated carbocycles. The summed E-state index contributed by atoms with van der Waals surface area (Å²) in [6, 6.07) is 10.1. The number of nitrogens with one attached hydrogen (secondary N) is 2. The monoisotopic (exact) mass is 458 g/mol. The van der Waals surface area contributed by atoms with Gasteiger partial charge < -0.3 is 19.8 Å². The molecule has 3 aromatic rings. The molecule has 0 aliphatic carbocycles. The van der Waals surface area contributed by atoms with Gasteiger partial charge in [-0.3, -0.25) is 14.4 Å². The fraction of sp³-hybridized carbons (Fsp3) is 0.174. The predicted octanol–water partition coefficient (Wildman–Crippen LogP) is 3.72. The minimum absolute atomic E-state index is 0.0413. The van der Waals surface area contributed by atoms with Crippen LogP contribution < -0.4 is 20.8 Å². The Balaban J connectivity index is 1.46. The van der Waals surface area contributed by atoms with Gasteiger partial charge in [0.05, 0.1) is 10.4 Å². The van der Waals surface area contributed by atoms with E-state index in [1.165, 1.54) is 12.1 Å². The molecule has 3 rings (SSSR count). The standard InChI is InChI=1S/C23H20ClFN2O5/c1-13-3-5-16-19(28)11-21(32-20(16)9-13)23(30)27-14(2)7-8-26-22(29)12-31-15-4-6-17(24)18(25)10-15/h3-6,9-11H,2,7-8,12H2,1H3,(H,26,29)(H,27,30). The van der Waals surface area contributed by atoms with Crippen molar-refractivity contribution >= 4 is 34.4 Å². The zero-order valence-electron chi connectivity index (χ0n) is 17.2. The van der Waals surface area contributed by atoms with Crippen molar-refractivity contribution in [3.8, 4) is 5.75 Å². The number of carbonyl (C=O) groups is 2. The highest BCUT2D eigenvalue weighted by Gasteiger charge is 2.13. The zero-order valence-corrected chi connectivity index (χ0v) is 17.9. The van der Waals surface area contributed by atoms with Crippen molar-refractivity contribution in [2.45, 2.75) is 13.3 Å². The number of benzene rings is 2. The number of aryl methyl sites for hydroxylation is 1. The molecule has 32 heavy (non-hydrogen) atoms. The van der Waals surface area contributed by atoms with E-state index in [4.69, 9.17) is 20.8 Å². The van der Waals surface area contributed by atoms with E-state index >= 15 is 0 Å². The molecule has 0 aliphatic rings. The molecule has 2 amide bonds. The van der Waals surface area contributed by atoms with Gasteiger partial charge in [-0.05, 0) is 36.8 Å². The minimum atomic E-state index is -0.644. The summed E-state index contributed by atoms with van der Waals surface area (Å²) in [7, 11) is 0. The van der Waals surface area contributed by atoms with Crippen molar-refractivity contribution in [2.24, 2.45) is 0 Å². The Labute approximate surface area is 187 Å². The third-order valence-electron chi connectivity index (χ3n) is 4.41. The van der Waals surface area contributed by atoms with Crippen LogP contribution in [0.1, 0.15) is 22.5 Å². The van der Waals surface area contributed by atoms with Crippen molar-refractivity contribution in [1.82, 2.24) is 10.6 Å². The number of rotatable bonds is 8. The smallest absolute Gasteiger partial charge is 0.291 e. The molecule has 0 aliphatic heterocycles. The summed E-state index contributed by atoms with van der Waals surface area (Å²) in [5, 5.41) is 5.48. The lowest BCUT2D eigenvalue weighted by atomic mass is 10.1. The van der Waals surface area contributed by atoms with Gasteiger partial charge in [0.25, 0.3) is 11.8 Å². The molecule has 1 aromatic heterocycles. The number of hydrogen-bond donors (Lipinski definition) is 2. The molecule has 0 spiro atoms. The maximum absolute atomic E-state index is 13.4. The lowest BCUT2D eigenvalue weighted by Crippen LogP contribution is -2.31. The van der Waals surface area contributed by atoms with Gasteiger partial charge in [0, 0.05) is 30.8 Å². The Hall–Kier alpha value is -3.65. The van der Waals surface area contributed by atoms with Crippen LogP contribution in [-0.4, -0.2) is 25.0 Å². The van der Waals surface area contributed by atoms with Crippen molar-refractivity contribution in [3.63, 3.8) is 0 Å². The van der Waals surface area contributed by atoms with Crippen LogP contribution in [0.25, 0.3) is 11.0 Å². The van der Waals surface area contributed by atoms with Crippen molar-refractivity contribution in [1.29, 1.82) is 0 Å². The van der Waals surface area contributed by atoms with E-state index in [-0.39, 0.29) is 41.5 Å². The third-order valence-corrected chi connectivity index (χ3v) is 4.72. The molecular formula is C23H20ClFN2O5. The highest BCUT2D eigenvalue weighted by molar-refractivity contribution is 6.30. The van der Waals surface area contributed by atoms with Gasteiger partial charge in [0.1, 0.15) is 17.1 Å². The Morgan fingerprint density at radius 1 is 1.19 bits per heavy atom. The molecule has 0 radical (unpaired) electrons. The van der Waals surface area contributed by atoms with Gasteiger partial charge in [0.2, 0.25) is 0 Å². The summed E-state index contributed by atoms with van der Waals surface area (Å²) in [5.74, 6) is -1.66. The van der Waals surface area contributed by atoms with Gasteiger partial charge in [0.15, 0.2) is 17.8 Å². The van der Waals surface area contributed by atoms with Crippen LogP contribution in [-0.2, 0) is 4.79 Å². The number of hydrogen-bond acceptors (Lipinski definition) is 5. The second kappa shape index (κ2) is 10.1. The van der Waals surface area contributed by atoms with Gasteiger partial charge in [-0.25, -0.2) is 4.39 Å². The summed E-state index contributed by atoms with van der Waals surface area (Å²) < 4.78 is 24.1. The Morgan fingerprint density at radius 3 is 2.72 bits per heavy atom. The van der Waals surface area contributed by atoms with Gasteiger partial charge in [-0.1, -0.05) is 24.2 Å². The molecule has 0 saturated heterocycles. The van der Waals surface area contributed by atoms with Crippen LogP contribution in [0.15, 0.2) is 64.0 Å². The summed E-state index contributed by atoms with van der Waals surface area (Å²) in [6.45, 7) is 5.45. The van der Waals surface area contributed by atoms with Crippen LogP contribution in [0.2, 0.25) is 5.02 Å². The van der Waals surface area contributed by atoms with Gasteiger partial charge in [-0.15, -0.1) is 0 Å². The second-order valence-electron chi connectivity index (χ2n) is 7.00. The molecule has 0 atom stereocenters. The number of halogens is 2. The number of ether oxygens (including phenoxy) is 1. The average Bonchev–Trinajstić information content (AvgIpc) is 2.74. The summed E-state index contributed by atoms with van der Waals surface area (Å²) >= 11 is 5.59. The van der Waals surface area contributed by atoms with E-state index in [0.717, 1.165) is 17.7 Å². The molecule has 1 heterocycles. The Kier molecular flexibility index (Phi) is 7.27. The Bertz CT molecular complexity index is 1250. The lowest BCUT2D eigenvalue weighted by Gasteiger charge is -2.10. The van der Waals surface area contributed by atoms with Crippen LogP contribution >= 0.6 is 11.6 Å². The lowest BCUT2D eigenvalue weighted by molar-refractivity contribution is -0.123. The summed E-state index contributed by atoms with van der Waals surface area (Å²) in [5.41, 5.74) is 1.21. The van der Waals surface area contributed by atoms with E-state index in [9.17, 15) is 18.8 Å². The molecule has 2 aromatic carbocycles. The molecule has 2 N–H and O–H groups in total. The first kappa shape index (κ1) is 23.0. The molecule has 0 fully saturated rings. The Morgan fingerprint density at radius 2 is 1.97 bits per heavy atom. The predicted molar refractivity (Wildman–Crippen MR) is 118 cm³/mol. The first-order chi connectivity index (χ1) is 15.2. The maximum atomic E-state index is 13.4. The van der Waals surface area contributed by atoms with Crippen molar-refractivity contribution < 1.29 is 23.1 Å². The average molecular weight is 459 g/mol. The van der Waals surface area contributed by atoms with Crippen LogP contribution in [0.4, 0.5) is 4.39 Å². The largest absolute Gasteiger partial charge is 0.484 e. The summed E-state index contributed by atoms with van der Waals surface area (Å²) in [6.07, 6.45) is 0.240. The van der Waals surface area contributed by atoms with Crippen molar-refractivity contribution in [3.05, 3.63) is 87.1 Å². The van der Waals surface area contributed by atoms with E-state index < -0.39 is 17.6 Å². The van der Waals surface area contributed by atoms with E-state index in [1.807, 2.05) is 6.92 Å². The van der Waals surface area contributed by atoms with Gasteiger partial charge >= 0.3 is 0 Å². The summed E-state index contributed by atoms with van der Waals surface area (Å²) in [4.78, 5) is 36.5. The first-order valence-electron chi connectivity index (χ1n) is 9.61. The molecule has 166 valence electrons. The third kappa shape index (κ3) is 5.95. The van der Waals surface area contributed by atoms with Gasteiger partial charge in [-0.2, -0.15) is 0 Å². The SMILES string of the molecule is C=C(CCNC(=O)COc1ccc(Cl)c(F)c1)NC(=O)c1cc(=O)c2ccc(C)cc2o1. The highest BCUT2D eigenvalue weighted by Crippen LogP contribution is 2.20. The van der Waals surface area contributed by atoms with E-state index in [1.54, 1.807) is 18.2 Å². The first-order valence-corrected chi connectivity index (χ1v) is 9.99. The number of amides is 2. The van der Waals surface area contributed by atoms with Crippen LogP contribution in [0, 0.1) is 12.7 Å². The molecule has 7 nitrogen and oxygen atoms in total. The molecular weight excluding hydrogens is 439 g/mol. The quantitative estimate of drug-likeness (QED) is 0.536. The molecule has 0 unspecified atom stereocenters. The normalized spacial score (nSPS) is 10.6. The zero-order chi connectivity index (χ0) is 23.3. The van der Waals surface area contributed by atoms with Crippen LogP contribution in [0.3, 0.4) is 0 Å². The highest BCUT2D eigenvalue weighted by atomic mass is 35.5. The molecule has 9 heteroatoms. The minimum Gasteiger partial charge on any atom is -0.484 e. The maximum Gasteiger partial charge on any atom is 0.291 e. The van der Waals surface area contributed by atoms with E-state index in [2.05, 4.69) is 17.2 Å². The number of carbonyl (C=O) groups excluding carboxylic acids is 2. The van der Waals surface area contributed by atoms with Crippen LogP contribution in [0.5, 0.6) is 5.75 Å².